The fourth-order valence-corrected chi connectivity index (χ4v) is 1.46. The van der Waals surface area contributed by atoms with Crippen LogP contribution in [-0.2, 0) is 0 Å². The highest BCUT2D eigenvalue weighted by molar-refractivity contribution is 5.38. The maximum Gasteiger partial charge on any atom is 0.119 e. The summed E-state index contributed by atoms with van der Waals surface area (Å²) in [6, 6.07) is 7.63. The molecular weight excluding hydrogens is 212 g/mol. The van der Waals surface area contributed by atoms with Crippen LogP contribution in [0.2, 0.25) is 0 Å². The first kappa shape index (κ1) is 13.6. The maximum atomic E-state index is 8.57. The molecule has 0 radical (unpaired) electrons. The predicted octanol–water partition coefficient (Wildman–Crippen LogP) is 2.85. The zero-order chi connectivity index (χ0) is 12.5. The number of rotatable bonds is 5. The molecule has 2 nitrogen and oxygen atoms in total. The molecule has 0 amide bonds. The van der Waals surface area contributed by atoms with E-state index in [1.165, 1.54) is 6.42 Å². The highest BCUT2D eigenvalue weighted by atomic mass is 16.5. The molecule has 0 unspecified atom stereocenters. The molecule has 1 N–H and O–H groups in total. The van der Waals surface area contributed by atoms with Crippen molar-refractivity contribution in [3.63, 3.8) is 0 Å². The lowest BCUT2D eigenvalue weighted by atomic mass is 10.1. The smallest absolute Gasteiger partial charge is 0.119 e. The summed E-state index contributed by atoms with van der Waals surface area (Å²) in [5, 5.41) is 8.57. The summed E-state index contributed by atoms with van der Waals surface area (Å²) in [5.74, 6) is 7.07. The van der Waals surface area contributed by atoms with E-state index in [0.29, 0.717) is 0 Å². The molecule has 0 saturated carbocycles. The minimum atomic E-state index is -0.104. The molecule has 17 heavy (non-hydrogen) atoms. The monoisotopic (exact) mass is 232 g/mol. The van der Waals surface area contributed by atoms with Crippen molar-refractivity contribution in [3.8, 4) is 17.6 Å². The van der Waals surface area contributed by atoms with Gasteiger partial charge in [-0.15, -0.1) is 0 Å². The van der Waals surface area contributed by atoms with Crippen molar-refractivity contribution in [3.05, 3.63) is 29.8 Å². The van der Waals surface area contributed by atoms with Crippen LogP contribution >= 0.6 is 0 Å². The fraction of sp³-hybridized carbons (Fsp3) is 0.467. The topological polar surface area (TPSA) is 29.5 Å². The second-order valence-electron chi connectivity index (χ2n) is 4.37. The lowest BCUT2D eigenvalue weighted by Gasteiger charge is -2.07. The van der Waals surface area contributed by atoms with Crippen LogP contribution < -0.4 is 4.74 Å². The number of aliphatic hydroxyl groups excluding tert-OH is 1. The molecule has 0 atom stereocenters. The number of aliphatic hydroxyl groups is 1. The molecule has 1 aromatic rings. The normalized spacial score (nSPS) is 9.88. The molecule has 0 aromatic heterocycles. The second-order valence-corrected chi connectivity index (χ2v) is 4.37. The molecule has 0 aliphatic heterocycles. The van der Waals surface area contributed by atoms with Crippen LogP contribution in [0.5, 0.6) is 5.75 Å². The molecule has 0 spiro atoms. The van der Waals surface area contributed by atoms with Crippen LogP contribution in [0.15, 0.2) is 24.3 Å². The quantitative estimate of drug-likeness (QED) is 0.625. The Hall–Kier alpha value is -1.46. The molecule has 0 bridgehead atoms. The number of hydrogen-bond acceptors (Lipinski definition) is 2. The van der Waals surface area contributed by atoms with Crippen molar-refractivity contribution < 1.29 is 9.84 Å². The van der Waals surface area contributed by atoms with E-state index >= 15 is 0 Å². The van der Waals surface area contributed by atoms with Gasteiger partial charge in [0.2, 0.25) is 0 Å². The van der Waals surface area contributed by atoms with Crippen LogP contribution in [0.4, 0.5) is 0 Å². The van der Waals surface area contributed by atoms with Gasteiger partial charge < -0.3 is 9.84 Å². The van der Waals surface area contributed by atoms with Crippen LogP contribution in [0, 0.1) is 17.8 Å². The van der Waals surface area contributed by atoms with Crippen LogP contribution in [-0.4, -0.2) is 18.3 Å². The Morgan fingerprint density at radius 2 is 1.94 bits per heavy atom. The van der Waals surface area contributed by atoms with Crippen molar-refractivity contribution in [1.82, 2.24) is 0 Å². The molecule has 92 valence electrons. The van der Waals surface area contributed by atoms with Crippen molar-refractivity contribution >= 4 is 0 Å². The summed E-state index contributed by atoms with van der Waals surface area (Å²) < 4.78 is 5.62. The van der Waals surface area contributed by atoms with E-state index in [1.54, 1.807) is 0 Å². The molecular formula is C15H20O2. The van der Waals surface area contributed by atoms with Gasteiger partial charge in [0, 0.05) is 5.56 Å². The lowest BCUT2D eigenvalue weighted by molar-refractivity contribution is 0.297. The Morgan fingerprint density at radius 3 is 2.53 bits per heavy atom. The first-order valence-electron chi connectivity index (χ1n) is 6.05. The Morgan fingerprint density at radius 1 is 1.24 bits per heavy atom. The molecule has 1 rings (SSSR count). The Labute approximate surface area is 104 Å². The van der Waals surface area contributed by atoms with Crippen molar-refractivity contribution in [1.29, 1.82) is 0 Å². The Kier molecular flexibility index (Phi) is 6.21. The summed E-state index contributed by atoms with van der Waals surface area (Å²) in [6.45, 7) is 5.09. The average molecular weight is 232 g/mol. The summed E-state index contributed by atoms with van der Waals surface area (Å²) in [5.41, 5.74) is 0.897. The Balaban J connectivity index is 2.35. The van der Waals surface area contributed by atoms with E-state index in [4.69, 9.17) is 9.84 Å². The van der Waals surface area contributed by atoms with Gasteiger partial charge in [-0.1, -0.05) is 25.7 Å². The summed E-state index contributed by atoms with van der Waals surface area (Å²) >= 11 is 0. The van der Waals surface area contributed by atoms with Gasteiger partial charge in [0.05, 0.1) is 6.61 Å². The van der Waals surface area contributed by atoms with Crippen molar-refractivity contribution in [2.75, 3.05) is 13.2 Å². The van der Waals surface area contributed by atoms with E-state index in [1.807, 2.05) is 24.3 Å². The summed E-state index contributed by atoms with van der Waals surface area (Å²) in [7, 11) is 0. The second kappa shape index (κ2) is 7.76. The molecule has 0 aliphatic rings. The van der Waals surface area contributed by atoms with E-state index < -0.39 is 0 Å². The van der Waals surface area contributed by atoms with Crippen molar-refractivity contribution in [2.45, 2.75) is 26.7 Å². The Bertz CT molecular complexity index is 368. The zero-order valence-corrected chi connectivity index (χ0v) is 10.6. The first-order chi connectivity index (χ1) is 8.22. The van der Waals surface area contributed by atoms with Gasteiger partial charge in [-0.05, 0) is 43.0 Å². The first-order valence-corrected chi connectivity index (χ1v) is 6.05. The fourth-order valence-electron chi connectivity index (χ4n) is 1.46. The van der Waals surface area contributed by atoms with Gasteiger partial charge in [-0.2, -0.15) is 0 Å². The van der Waals surface area contributed by atoms with Gasteiger partial charge in [-0.25, -0.2) is 0 Å². The standard InChI is InChI=1S/C15H20O2/c1-13(2)5-4-12-17-15-9-7-14(8-10-15)6-3-11-16/h7-10,13,16H,4-5,11-12H2,1-2H3. The minimum Gasteiger partial charge on any atom is -0.494 e. The summed E-state index contributed by atoms with van der Waals surface area (Å²) in [6.07, 6.45) is 2.28. The van der Waals surface area contributed by atoms with E-state index in [2.05, 4.69) is 25.7 Å². The maximum absolute atomic E-state index is 8.57. The third-order valence-corrected chi connectivity index (χ3v) is 2.36. The SMILES string of the molecule is CC(C)CCCOc1ccc(C#CCO)cc1. The summed E-state index contributed by atoms with van der Waals surface area (Å²) in [4.78, 5) is 0. The molecule has 0 aliphatic carbocycles. The molecule has 2 heteroatoms. The molecule has 1 aromatic carbocycles. The largest absolute Gasteiger partial charge is 0.494 e. The third-order valence-electron chi connectivity index (χ3n) is 2.36. The predicted molar refractivity (Wildman–Crippen MR) is 70.0 cm³/mol. The van der Waals surface area contributed by atoms with Gasteiger partial charge in [0.1, 0.15) is 12.4 Å². The van der Waals surface area contributed by atoms with E-state index in [0.717, 1.165) is 30.3 Å². The van der Waals surface area contributed by atoms with E-state index in [-0.39, 0.29) is 6.61 Å². The average Bonchev–Trinajstić information content (AvgIpc) is 2.33. The van der Waals surface area contributed by atoms with Gasteiger partial charge in [0.25, 0.3) is 0 Å². The third kappa shape index (κ3) is 5.99. The number of benzene rings is 1. The van der Waals surface area contributed by atoms with Gasteiger partial charge in [0.15, 0.2) is 0 Å². The molecule has 0 saturated heterocycles. The van der Waals surface area contributed by atoms with Crippen LogP contribution in [0.3, 0.4) is 0 Å². The van der Waals surface area contributed by atoms with Crippen molar-refractivity contribution in [2.24, 2.45) is 5.92 Å². The molecule has 0 fully saturated rings. The van der Waals surface area contributed by atoms with E-state index in [9.17, 15) is 0 Å². The lowest BCUT2D eigenvalue weighted by Crippen LogP contribution is -1.99. The van der Waals surface area contributed by atoms with Gasteiger partial charge in [-0.3, -0.25) is 0 Å². The van der Waals surface area contributed by atoms with Crippen LogP contribution in [0.1, 0.15) is 32.3 Å². The zero-order valence-electron chi connectivity index (χ0n) is 10.6. The van der Waals surface area contributed by atoms with Crippen LogP contribution in [0.25, 0.3) is 0 Å². The number of ether oxygens (including phenoxy) is 1. The minimum absolute atomic E-state index is 0.104. The number of hydrogen-bond donors (Lipinski definition) is 1. The molecule has 0 heterocycles. The highest BCUT2D eigenvalue weighted by Crippen LogP contribution is 2.12. The van der Waals surface area contributed by atoms with Gasteiger partial charge >= 0.3 is 0 Å². The highest BCUT2D eigenvalue weighted by Gasteiger charge is 1.96.